The first-order chi connectivity index (χ1) is 16.7. The van der Waals surface area contributed by atoms with E-state index in [-0.39, 0.29) is 21.9 Å². The molecule has 1 heterocycles. The number of hydrogen-bond acceptors (Lipinski definition) is 6. The number of benzene rings is 2. The smallest absolute Gasteiger partial charge is 0.305 e. The molecule has 3 aromatic rings. The number of aromatic amines is 1. The van der Waals surface area contributed by atoms with Crippen LogP contribution in [0.15, 0.2) is 47.3 Å². The summed E-state index contributed by atoms with van der Waals surface area (Å²) in [6, 6.07) is 14.4. The number of carbonyl (C=O) groups excluding carboxylic acids is 1. The van der Waals surface area contributed by atoms with Gasteiger partial charge in [-0.1, -0.05) is 61.6 Å². The predicted molar refractivity (Wildman–Crippen MR) is 144 cm³/mol. The van der Waals surface area contributed by atoms with E-state index >= 15 is 0 Å². The van der Waals surface area contributed by atoms with Crippen LogP contribution in [0.5, 0.6) is 5.75 Å². The lowest BCUT2D eigenvalue weighted by Crippen LogP contribution is -2.43. The van der Waals surface area contributed by atoms with Gasteiger partial charge in [-0.2, -0.15) is 0 Å². The number of amides is 1. The van der Waals surface area contributed by atoms with Crippen molar-refractivity contribution in [2.75, 3.05) is 32.7 Å². The van der Waals surface area contributed by atoms with Gasteiger partial charge in [0.15, 0.2) is 0 Å². The van der Waals surface area contributed by atoms with Crippen molar-refractivity contribution in [2.24, 2.45) is 0 Å². The van der Waals surface area contributed by atoms with Crippen molar-refractivity contribution in [3.63, 3.8) is 0 Å². The van der Waals surface area contributed by atoms with Gasteiger partial charge in [-0.3, -0.25) is 14.5 Å². The third-order valence-electron chi connectivity index (χ3n) is 6.34. The van der Waals surface area contributed by atoms with E-state index in [2.05, 4.69) is 72.5 Å². The van der Waals surface area contributed by atoms with Crippen molar-refractivity contribution in [2.45, 2.75) is 52.0 Å². The summed E-state index contributed by atoms with van der Waals surface area (Å²) < 4.78 is 0.801. The van der Waals surface area contributed by atoms with Crippen molar-refractivity contribution < 1.29 is 9.90 Å². The first kappa shape index (κ1) is 26.9. The second kappa shape index (κ2) is 12.3. The van der Waals surface area contributed by atoms with Gasteiger partial charge < -0.3 is 20.7 Å². The summed E-state index contributed by atoms with van der Waals surface area (Å²) in [5.74, 6) is 0.157. The van der Waals surface area contributed by atoms with Crippen LogP contribution >= 0.6 is 11.3 Å². The number of nitrogens with one attached hydrogen (secondary N) is 3. The van der Waals surface area contributed by atoms with Crippen molar-refractivity contribution in [1.82, 2.24) is 20.5 Å². The van der Waals surface area contributed by atoms with Gasteiger partial charge >= 0.3 is 4.87 Å². The lowest BCUT2D eigenvalue weighted by Gasteiger charge is -2.35. The van der Waals surface area contributed by atoms with E-state index in [0.29, 0.717) is 31.1 Å². The zero-order valence-corrected chi connectivity index (χ0v) is 22.0. The number of aromatic hydroxyl groups is 1. The highest BCUT2D eigenvalue weighted by molar-refractivity contribution is 7.16. The largest absolute Gasteiger partial charge is 0.506 e. The SMILES string of the molecule is CC(C)N(CCC(=O)NCCNCCc1ccc(O)c2[nH]c(=O)sc12)CC(C)(C)c1ccccc1. The van der Waals surface area contributed by atoms with Crippen LogP contribution in [0.3, 0.4) is 0 Å². The molecule has 0 radical (unpaired) electrons. The number of thiazole rings is 1. The Bertz CT molecular complexity index is 1150. The van der Waals surface area contributed by atoms with Crippen LogP contribution in [-0.2, 0) is 16.6 Å². The number of phenols is 1. The topological polar surface area (TPSA) is 97.5 Å². The highest BCUT2D eigenvalue weighted by Gasteiger charge is 2.25. The molecule has 0 bridgehead atoms. The first-order valence-electron chi connectivity index (χ1n) is 12.3. The fourth-order valence-corrected chi connectivity index (χ4v) is 5.15. The van der Waals surface area contributed by atoms with Gasteiger partial charge in [0.2, 0.25) is 5.91 Å². The zero-order valence-electron chi connectivity index (χ0n) is 21.2. The standard InChI is InChI=1S/C27H38N4O3S/c1-19(2)31(18-27(3,4)21-8-6-5-7-9-21)17-13-23(33)29-16-15-28-14-12-20-10-11-22(32)24-25(20)35-26(34)30-24/h5-11,19,28,32H,12-18H2,1-4H3,(H,29,33)(H,30,34). The third kappa shape index (κ3) is 7.65. The van der Waals surface area contributed by atoms with Gasteiger partial charge in [0, 0.05) is 44.1 Å². The molecular formula is C27H38N4O3S. The Hall–Kier alpha value is -2.68. The Labute approximate surface area is 211 Å². The number of H-pyrrole nitrogens is 1. The summed E-state index contributed by atoms with van der Waals surface area (Å²) in [5.41, 5.74) is 2.84. The molecule has 1 amide bonds. The summed E-state index contributed by atoms with van der Waals surface area (Å²) >= 11 is 1.12. The highest BCUT2D eigenvalue weighted by atomic mass is 32.1. The molecule has 3 rings (SSSR count). The van der Waals surface area contributed by atoms with Gasteiger partial charge in [-0.15, -0.1) is 0 Å². The Balaban J connectivity index is 1.37. The van der Waals surface area contributed by atoms with Crippen LogP contribution in [0.4, 0.5) is 0 Å². The van der Waals surface area contributed by atoms with E-state index in [0.717, 1.165) is 47.7 Å². The molecule has 1 aromatic heterocycles. The molecule has 2 aromatic carbocycles. The minimum Gasteiger partial charge on any atom is -0.506 e. The second-order valence-electron chi connectivity index (χ2n) is 9.88. The van der Waals surface area contributed by atoms with E-state index in [4.69, 9.17) is 0 Å². The molecule has 7 nitrogen and oxygen atoms in total. The highest BCUT2D eigenvalue weighted by Crippen LogP contribution is 2.28. The molecule has 0 aliphatic carbocycles. The Morgan fingerprint density at radius 2 is 1.86 bits per heavy atom. The van der Waals surface area contributed by atoms with Gasteiger partial charge in [-0.25, -0.2) is 0 Å². The predicted octanol–water partition coefficient (Wildman–Crippen LogP) is 3.62. The maximum atomic E-state index is 12.4. The zero-order chi connectivity index (χ0) is 25.4. The van der Waals surface area contributed by atoms with E-state index in [1.54, 1.807) is 6.07 Å². The molecule has 0 aliphatic heterocycles. The molecule has 0 unspecified atom stereocenters. The summed E-state index contributed by atoms with van der Waals surface area (Å²) in [5, 5.41) is 16.2. The quantitative estimate of drug-likeness (QED) is 0.270. The minimum absolute atomic E-state index is 0.00536. The summed E-state index contributed by atoms with van der Waals surface area (Å²) in [4.78, 5) is 28.9. The van der Waals surface area contributed by atoms with Gasteiger partial charge in [-0.05, 0) is 44.0 Å². The molecule has 0 saturated carbocycles. The van der Waals surface area contributed by atoms with Crippen LogP contribution in [0.25, 0.3) is 10.2 Å². The summed E-state index contributed by atoms with van der Waals surface area (Å²) in [6.07, 6.45) is 1.21. The molecular weight excluding hydrogens is 460 g/mol. The average molecular weight is 499 g/mol. The van der Waals surface area contributed by atoms with Crippen LogP contribution in [0, 0.1) is 0 Å². The Kier molecular flexibility index (Phi) is 9.48. The van der Waals surface area contributed by atoms with Crippen LogP contribution < -0.4 is 15.5 Å². The van der Waals surface area contributed by atoms with E-state index in [9.17, 15) is 14.7 Å². The van der Waals surface area contributed by atoms with Crippen molar-refractivity contribution >= 4 is 27.5 Å². The van der Waals surface area contributed by atoms with E-state index < -0.39 is 0 Å². The van der Waals surface area contributed by atoms with Crippen LogP contribution in [-0.4, -0.2) is 59.7 Å². The third-order valence-corrected chi connectivity index (χ3v) is 7.30. The molecule has 4 N–H and O–H groups in total. The second-order valence-corrected chi connectivity index (χ2v) is 10.9. The van der Waals surface area contributed by atoms with Crippen LogP contribution in [0.1, 0.15) is 45.2 Å². The molecule has 0 saturated heterocycles. The molecule has 0 spiro atoms. The molecule has 8 heteroatoms. The number of fused-ring (bicyclic) bond motifs is 1. The van der Waals surface area contributed by atoms with Crippen molar-refractivity contribution in [3.05, 3.63) is 63.3 Å². The molecule has 0 atom stereocenters. The van der Waals surface area contributed by atoms with E-state index in [1.807, 2.05) is 12.1 Å². The minimum atomic E-state index is -0.168. The molecule has 0 aliphatic rings. The van der Waals surface area contributed by atoms with E-state index in [1.165, 1.54) is 5.56 Å². The molecule has 35 heavy (non-hydrogen) atoms. The number of hydrogen-bond donors (Lipinski definition) is 4. The Morgan fingerprint density at radius 1 is 1.11 bits per heavy atom. The van der Waals surface area contributed by atoms with Crippen molar-refractivity contribution in [3.8, 4) is 5.75 Å². The van der Waals surface area contributed by atoms with Gasteiger partial charge in [0.25, 0.3) is 0 Å². The average Bonchev–Trinajstić information content (AvgIpc) is 3.23. The van der Waals surface area contributed by atoms with Gasteiger partial charge in [0.05, 0.1) is 4.70 Å². The normalized spacial score (nSPS) is 12.1. The lowest BCUT2D eigenvalue weighted by atomic mass is 9.84. The van der Waals surface area contributed by atoms with Gasteiger partial charge in [0.1, 0.15) is 11.3 Å². The lowest BCUT2D eigenvalue weighted by molar-refractivity contribution is -0.121. The van der Waals surface area contributed by atoms with Crippen molar-refractivity contribution in [1.29, 1.82) is 0 Å². The fourth-order valence-electron chi connectivity index (χ4n) is 4.25. The maximum absolute atomic E-state index is 12.4. The number of rotatable bonds is 13. The first-order valence-corrected chi connectivity index (χ1v) is 13.1. The number of aromatic nitrogens is 1. The van der Waals surface area contributed by atoms with Crippen LogP contribution in [0.2, 0.25) is 0 Å². The Morgan fingerprint density at radius 3 is 2.57 bits per heavy atom. The summed E-state index contributed by atoms with van der Waals surface area (Å²) in [6.45, 7) is 12.4. The molecule has 190 valence electrons. The number of phenolic OH excluding ortho intramolecular Hbond substituents is 1. The number of nitrogens with zero attached hydrogens (tertiary/aromatic N) is 1. The monoisotopic (exact) mass is 498 g/mol. The number of carbonyl (C=O) groups is 1. The summed E-state index contributed by atoms with van der Waals surface area (Å²) in [7, 11) is 0. The fraction of sp³-hybridized carbons (Fsp3) is 0.481. The maximum Gasteiger partial charge on any atom is 0.305 e. The molecule has 0 fully saturated rings.